The molecular weight excluding hydrogens is 416 g/mol. The minimum absolute atomic E-state index is 0.00112. The SMILES string of the molecule is C[C@@H](CCc1ccccc1)NC(=O)c1ccc(Cn2c(=O)c3cccn3c3cccnc32)o1. The van der Waals surface area contributed by atoms with Crippen LogP contribution in [0.1, 0.15) is 35.2 Å². The molecule has 1 aromatic carbocycles. The van der Waals surface area contributed by atoms with Crippen molar-refractivity contribution >= 4 is 22.6 Å². The summed E-state index contributed by atoms with van der Waals surface area (Å²) in [6, 6.07) is 20.9. The molecule has 4 aromatic heterocycles. The summed E-state index contributed by atoms with van der Waals surface area (Å²) < 4.78 is 9.21. The lowest BCUT2D eigenvalue weighted by Crippen LogP contribution is -2.32. The molecule has 0 unspecified atom stereocenters. The van der Waals surface area contributed by atoms with Crippen molar-refractivity contribution in [2.45, 2.75) is 32.4 Å². The van der Waals surface area contributed by atoms with Crippen LogP contribution >= 0.6 is 0 Å². The van der Waals surface area contributed by atoms with Gasteiger partial charge in [-0.15, -0.1) is 0 Å². The standard InChI is InChI=1S/C26H24N4O3/c1-18(11-12-19-7-3-2-4-8-19)28-25(31)23-14-13-20(33-23)17-30-24-21(9-5-15-27-24)29-16-6-10-22(29)26(30)32/h2-10,13-16,18H,11-12,17H2,1H3,(H,28,31)/t18-/m0/s1. The Bertz CT molecular complexity index is 1480. The molecule has 0 aliphatic rings. The highest BCUT2D eigenvalue weighted by molar-refractivity contribution is 5.91. The fourth-order valence-electron chi connectivity index (χ4n) is 4.07. The van der Waals surface area contributed by atoms with Gasteiger partial charge < -0.3 is 14.1 Å². The average Bonchev–Trinajstić information content (AvgIpc) is 3.51. The van der Waals surface area contributed by atoms with E-state index in [1.54, 1.807) is 29.0 Å². The van der Waals surface area contributed by atoms with E-state index >= 15 is 0 Å². The molecule has 0 fully saturated rings. The first-order chi connectivity index (χ1) is 16.1. The average molecular weight is 441 g/mol. The Labute approximate surface area is 190 Å². The van der Waals surface area contributed by atoms with Gasteiger partial charge in [-0.05, 0) is 61.7 Å². The summed E-state index contributed by atoms with van der Waals surface area (Å²) in [4.78, 5) is 30.1. The number of carbonyl (C=O) groups is 1. The van der Waals surface area contributed by atoms with Gasteiger partial charge in [-0.25, -0.2) is 4.98 Å². The number of nitrogens with one attached hydrogen (secondary N) is 1. The Morgan fingerprint density at radius 2 is 1.85 bits per heavy atom. The first kappa shape index (κ1) is 20.8. The number of rotatable bonds is 7. The summed E-state index contributed by atoms with van der Waals surface area (Å²) in [5.74, 6) is 0.479. The molecule has 5 rings (SSSR count). The third-order valence-corrected chi connectivity index (χ3v) is 5.78. The van der Waals surface area contributed by atoms with Crippen molar-refractivity contribution in [3.05, 3.63) is 107 Å². The Morgan fingerprint density at radius 1 is 1.03 bits per heavy atom. The van der Waals surface area contributed by atoms with Crippen LogP contribution in [0.4, 0.5) is 0 Å². The van der Waals surface area contributed by atoms with Crippen LogP contribution in [0.2, 0.25) is 0 Å². The maximum Gasteiger partial charge on any atom is 0.287 e. The van der Waals surface area contributed by atoms with E-state index in [0.717, 1.165) is 18.4 Å². The highest BCUT2D eigenvalue weighted by Gasteiger charge is 2.17. The van der Waals surface area contributed by atoms with Crippen LogP contribution in [0, 0.1) is 0 Å². The molecule has 0 spiro atoms. The number of hydrogen-bond acceptors (Lipinski definition) is 4. The zero-order valence-electron chi connectivity index (χ0n) is 18.3. The fourth-order valence-corrected chi connectivity index (χ4v) is 4.07. The molecule has 4 heterocycles. The van der Waals surface area contributed by atoms with Crippen molar-refractivity contribution < 1.29 is 9.21 Å². The van der Waals surface area contributed by atoms with Crippen molar-refractivity contribution in [3.63, 3.8) is 0 Å². The second-order valence-corrected chi connectivity index (χ2v) is 8.17. The zero-order valence-corrected chi connectivity index (χ0v) is 18.3. The molecule has 166 valence electrons. The van der Waals surface area contributed by atoms with Gasteiger partial charge in [-0.1, -0.05) is 30.3 Å². The second-order valence-electron chi connectivity index (χ2n) is 8.17. The third-order valence-electron chi connectivity index (χ3n) is 5.78. The van der Waals surface area contributed by atoms with Crippen LogP contribution in [-0.4, -0.2) is 25.9 Å². The number of amides is 1. The number of aryl methyl sites for hydroxylation is 1. The highest BCUT2D eigenvalue weighted by Crippen LogP contribution is 2.16. The molecule has 0 radical (unpaired) electrons. The first-order valence-electron chi connectivity index (χ1n) is 11.0. The summed E-state index contributed by atoms with van der Waals surface area (Å²) in [7, 11) is 0. The summed E-state index contributed by atoms with van der Waals surface area (Å²) >= 11 is 0. The molecule has 1 amide bonds. The number of pyridine rings is 1. The molecule has 0 aliphatic carbocycles. The number of aromatic nitrogens is 3. The Hall–Kier alpha value is -4.13. The number of fused-ring (bicyclic) bond motifs is 3. The lowest BCUT2D eigenvalue weighted by molar-refractivity contribution is 0.0908. The van der Waals surface area contributed by atoms with E-state index in [4.69, 9.17) is 4.42 Å². The molecule has 1 atom stereocenters. The Balaban J connectivity index is 1.32. The van der Waals surface area contributed by atoms with Crippen molar-refractivity contribution in [2.75, 3.05) is 0 Å². The molecule has 0 saturated carbocycles. The number of nitrogens with zero attached hydrogens (tertiary/aromatic N) is 3. The van der Waals surface area contributed by atoms with E-state index in [1.165, 1.54) is 5.56 Å². The summed E-state index contributed by atoms with van der Waals surface area (Å²) in [6.45, 7) is 2.17. The van der Waals surface area contributed by atoms with E-state index in [0.29, 0.717) is 16.9 Å². The summed E-state index contributed by atoms with van der Waals surface area (Å²) in [6.07, 6.45) is 5.22. The van der Waals surface area contributed by atoms with Crippen LogP contribution in [0.15, 0.2) is 88.3 Å². The van der Waals surface area contributed by atoms with Crippen LogP contribution in [-0.2, 0) is 13.0 Å². The quantitative estimate of drug-likeness (QED) is 0.414. The normalized spacial score (nSPS) is 12.3. The second kappa shape index (κ2) is 8.78. The molecule has 33 heavy (non-hydrogen) atoms. The highest BCUT2D eigenvalue weighted by atomic mass is 16.4. The lowest BCUT2D eigenvalue weighted by atomic mass is 10.1. The molecule has 7 heteroatoms. The van der Waals surface area contributed by atoms with Gasteiger partial charge in [0, 0.05) is 18.4 Å². The summed E-state index contributed by atoms with van der Waals surface area (Å²) in [5.41, 5.74) is 3.03. The molecule has 0 saturated heterocycles. The number of carbonyl (C=O) groups excluding carboxylic acids is 1. The van der Waals surface area contributed by atoms with Crippen molar-refractivity contribution in [3.8, 4) is 0 Å². The maximum atomic E-state index is 13.1. The molecule has 0 bridgehead atoms. The zero-order chi connectivity index (χ0) is 22.8. The molecule has 0 aliphatic heterocycles. The van der Waals surface area contributed by atoms with Gasteiger partial charge in [-0.3, -0.25) is 14.2 Å². The van der Waals surface area contributed by atoms with Crippen LogP contribution in [0.5, 0.6) is 0 Å². The Morgan fingerprint density at radius 3 is 2.70 bits per heavy atom. The van der Waals surface area contributed by atoms with Crippen molar-refractivity contribution in [1.82, 2.24) is 19.3 Å². The van der Waals surface area contributed by atoms with E-state index in [-0.39, 0.29) is 29.8 Å². The number of furan rings is 1. The minimum atomic E-state index is -0.265. The minimum Gasteiger partial charge on any atom is -0.454 e. The third kappa shape index (κ3) is 4.17. The monoisotopic (exact) mass is 440 g/mol. The number of benzene rings is 1. The van der Waals surface area contributed by atoms with Gasteiger partial charge in [0.15, 0.2) is 11.4 Å². The molecule has 1 N–H and O–H groups in total. The number of hydrogen-bond donors (Lipinski definition) is 1. The largest absolute Gasteiger partial charge is 0.454 e. The van der Waals surface area contributed by atoms with Gasteiger partial charge in [0.25, 0.3) is 11.5 Å². The predicted molar refractivity (Wildman–Crippen MR) is 126 cm³/mol. The van der Waals surface area contributed by atoms with Gasteiger partial charge in [0.1, 0.15) is 11.3 Å². The lowest BCUT2D eigenvalue weighted by Gasteiger charge is -2.13. The van der Waals surface area contributed by atoms with Gasteiger partial charge in [0.2, 0.25) is 0 Å². The smallest absolute Gasteiger partial charge is 0.287 e. The van der Waals surface area contributed by atoms with Crippen LogP contribution < -0.4 is 10.9 Å². The van der Waals surface area contributed by atoms with Gasteiger partial charge in [-0.2, -0.15) is 0 Å². The fraction of sp³-hybridized carbons (Fsp3) is 0.192. The maximum absolute atomic E-state index is 13.1. The molecular formula is C26H24N4O3. The van der Waals surface area contributed by atoms with Crippen molar-refractivity contribution in [2.24, 2.45) is 0 Å². The van der Waals surface area contributed by atoms with Crippen LogP contribution in [0.25, 0.3) is 16.7 Å². The topological polar surface area (TPSA) is 81.5 Å². The van der Waals surface area contributed by atoms with E-state index in [1.807, 2.05) is 53.9 Å². The van der Waals surface area contributed by atoms with Crippen molar-refractivity contribution in [1.29, 1.82) is 0 Å². The van der Waals surface area contributed by atoms with E-state index in [9.17, 15) is 9.59 Å². The first-order valence-corrected chi connectivity index (χ1v) is 11.0. The van der Waals surface area contributed by atoms with Gasteiger partial charge >= 0.3 is 0 Å². The van der Waals surface area contributed by atoms with Gasteiger partial charge in [0.05, 0.1) is 12.1 Å². The predicted octanol–water partition coefficient (Wildman–Crippen LogP) is 4.04. The molecule has 7 nitrogen and oxygen atoms in total. The van der Waals surface area contributed by atoms with E-state index < -0.39 is 0 Å². The van der Waals surface area contributed by atoms with Crippen LogP contribution in [0.3, 0.4) is 0 Å². The molecule has 5 aromatic rings. The van der Waals surface area contributed by atoms with E-state index in [2.05, 4.69) is 22.4 Å². The summed E-state index contributed by atoms with van der Waals surface area (Å²) in [5, 5.41) is 2.99. The Kier molecular flexibility index (Phi) is 5.52.